The lowest BCUT2D eigenvalue weighted by atomic mass is 9.93. The zero-order valence-electron chi connectivity index (χ0n) is 21.1. The highest BCUT2D eigenvalue weighted by Gasteiger charge is 2.30. The van der Waals surface area contributed by atoms with E-state index < -0.39 is 18.6 Å². The number of aliphatic hydroxyl groups is 1. The van der Waals surface area contributed by atoms with Gasteiger partial charge in [0.1, 0.15) is 5.65 Å². The van der Waals surface area contributed by atoms with Crippen LogP contribution in [0.4, 0.5) is 19.1 Å². The van der Waals surface area contributed by atoms with Crippen LogP contribution in [0.5, 0.6) is 0 Å². The third-order valence-electron chi connectivity index (χ3n) is 7.43. The lowest BCUT2D eigenvalue weighted by Crippen LogP contribution is -2.42. The summed E-state index contributed by atoms with van der Waals surface area (Å²) in [5, 5.41) is 17.1. The first-order chi connectivity index (χ1) is 17.7. The van der Waals surface area contributed by atoms with Crippen LogP contribution in [0.2, 0.25) is 0 Å². The molecular formula is C27H35F3N6O. The van der Waals surface area contributed by atoms with Crippen molar-refractivity contribution in [2.24, 2.45) is 0 Å². The van der Waals surface area contributed by atoms with Gasteiger partial charge in [0.2, 0.25) is 5.95 Å². The maximum atomic E-state index is 12.8. The normalized spacial score (nSPS) is 22.3. The zero-order valence-corrected chi connectivity index (χ0v) is 21.1. The van der Waals surface area contributed by atoms with Gasteiger partial charge in [0.15, 0.2) is 0 Å². The first-order valence-corrected chi connectivity index (χ1v) is 13.2. The average molecular weight is 517 g/mol. The molecule has 1 atom stereocenters. The predicted molar refractivity (Wildman–Crippen MR) is 138 cm³/mol. The van der Waals surface area contributed by atoms with Crippen LogP contribution in [0, 0.1) is 0 Å². The largest absolute Gasteiger partial charge is 0.393 e. The van der Waals surface area contributed by atoms with Crippen LogP contribution in [0.15, 0.2) is 36.7 Å². The van der Waals surface area contributed by atoms with Crippen LogP contribution in [-0.2, 0) is 6.54 Å². The lowest BCUT2D eigenvalue weighted by molar-refractivity contribution is -0.136. The summed E-state index contributed by atoms with van der Waals surface area (Å²) >= 11 is 0. The molecule has 200 valence electrons. The molecule has 2 aliphatic rings. The summed E-state index contributed by atoms with van der Waals surface area (Å²) in [6.07, 6.45) is 1.40. The minimum absolute atomic E-state index is 0.169. The number of aromatic nitrogens is 3. The molecule has 1 aliphatic carbocycles. The molecule has 5 rings (SSSR count). The quantitative estimate of drug-likeness (QED) is 0.421. The Morgan fingerprint density at radius 2 is 1.81 bits per heavy atom. The number of aliphatic hydroxyl groups excluding tert-OH is 1. The molecule has 2 aromatic heterocycles. The van der Waals surface area contributed by atoms with E-state index in [0.29, 0.717) is 5.65 Å². The third-order valence-corrected chi connectivity index (χ3v) is 7.43. The van der Waals surface area contributed by atoms with E-state index in [-0.39, 0.29) is 18.1 Å². The Hall–Kier alpha value is -2.69. The smallest absolute Gasteiger partial charge is 0.391 e. The fourth-order valence-electron chi connectivity index (χ4n) is 5.48. The van der Waals surface area contributed by atoms with Crippen LogP contribution >= 0.6 is 0 Å². The van der Waals surface area contributed by atoms with Crippen molar-refractivity contribution >= 4 is 17.0 Å². The maximum Gasteiger partial charge on any atom is 0.391 e. The Bertz CT molecular complexity index is 1180. The number of hydrogen-bond donors (Lipinski definition) is 3. The number of rotatable bonds is 7. The molecule has 3 N–H and O–H groups in total. The molecule has 10 heteroatoms. The van der Waals surface area contributed by atoms with E-state index in [1.165, 1.54) is 12.5 Å². The van der Waals surface area contributed by atoms with E-state index in [4.69, 9.17) is 0 Å². The van der Waals surface area contributed by atoms with Gasteiger partial charge in [-0.2, -0.15) is 18.2 Å². The van der Waals surface area contributed by atoms with Gasteiger partial charge in [-0.3, -0.25) is 4.90 Å². The van der Waals surface area contributed by atoms with Crippen molar-refractivity contribution in [3.05, 3.63) is 42.2 Å². The monoisotopic (exact) mass is 516 g/mol. The summed E-state index contributed by atoms with van der Waals surface area (Å²) in [5.74, 6) is 0.192. The second kappa shape index (κ2) is 11.0. The molecule has 37 heavy (non-hydrogen) atoms. The van der Waals surface area contributed by atoms with Crippen LogP contribution < -0.4 is 10.6 Å². The predicted octanol–water partition coefficient (Wildman–Crippen LogP) is 4.73. The van der Waals surface area contributed by atoms with E-state index >= 15 is 0 Å². The molecular weight excluding hydrogens is 481 g/mol. The number of nitrogens with zero attached hydrogens (tertiary/aromatic N) is 4. The minimum Gasteiger partial charge on any atom is -0.393 e. The molecule has 1 aromatic carbocycles. The van der Waals surface area contributed by atoms with Gasteiger partial charge in [-0.1, -0.05) is 24.3 Å². The van der Waals surface area contributed by atoms with Crippen molar-refractivity contribution in [3.63, 3.8) is 0 Å². The Morgan fingerprint density at radius 3 is 2.49 bits per heavy atom. The Kier molecular flexibility index (Phi) is 7.69. The summed E-state index contributed by atoms with van der Waals surface area (Å²) in [4.78, 5) is 11.5. The number of alkyl halides is 3. The highest BCUT2D eigenvalue weighted by molar-refractivity contribution is 5.94. The molecule has 0 unspecified atom stereocenters. The first kappa shape index (κ1) is 25.9. The summed E-state index contributed by atoms with van der Waals surface area (Å²) in [7, 11) is 0. The summed E-state index contributed by atoms with van der Waals surface area (Å²) in [5.41, 5.74) is 4.03. The molecule has 1 saturated carbocycles. The van der Waals surface area contributed by atoms with Crippen molar-refractivity contribution in [2.75, 3.05) is 31.5 Å². The fourth-order valence-corrected chi connectivity index (χ4v) is 5.48. The van der Waals surface area contributed by atoms with Crippen molar-refractivity contribution in [3.8, 4) is 11.1 Å². The number of anilines is 1. The molecule has 0 spiro atoms. The van der Waals surface area contributed by atoms with E-state index in [0.717, 1.165) is 74.9 Å². The highest BCUT2D eigenvalue weighted by atomic mass is 19.4. The van der Waals surface area contributed by atoms with E-state index in [1.807, 2.05) is 0 Å². The van der Waals surface area contributed by atoms with Crippen LogP contribution in [0.1, 0.15) is 50.6 Å². The Morgan fingerprint density at radius 1 is 1.11 bits per heavy atom. The number of fused-ring (bicyclic) bond motifs is 1. The van der Waals surface area contributed by atoms with Crippen molar-refractivity contribution in [1.29, 1.82) is 0 Å². The number of nitrogens with one attached hydrogen (secondary N) is 2. The van der Waals surface area contributed by atoms with Gasteiger partial charge < -0.3 is 20.3 Å². The first-order valence-electron chi connectivity index (χ1n) is 13.2. The summed E-state index contributed by atoms with van der Waals surface area (Å²) in [6, 6.07) is 7.90. The topological polar surface area (TPSA) is 78.2 Å². The fraction of sp³-hybridized carbons (Fsp3) is 0.556. The number of piperazine rings is 1. The molecule has 3 heterocycles. The van der Waals surface area contributed by atoms with Gasteiger partial charge >= 0.3 is 6.18 Å². The third kappa shape index (κ3) is 6.42. The molecule has 3 aromatic rings. The maximum absolute atomic E-state index is 12.8. The van der Waals surface area contributed by atoms with Crippen molar-refractivity contribution in [2.45, 2.75) is 69.9 Å². The number of hydrogen-bond acceptors (Lipinski definition) is 6. The summed E-state index contributed by atoms with van der Waals surface area (Å²) < 4.78 is 40.7. The molecule has 7 nitrogen and oxygen atoms in total. The highest BCUT2D eigenvalue weighted by Crippen LogP contribution is 2.37. The van der Waals surface area contributed by atoms with Gasteiger partial charge in [-0.25, -0.2) is 4.98 Å². The van der Waals surface area contributed by atoms with Crippen LogP contribution in [0.3, 0.4) is 0 Å². The van der Waals surface area contributed by atoms with E-state index in [1.54, 1.807) is 6.20 Å². The van der Waals surface area contributed by atoms with E-state index in [9.17, 15) is 18.3 Å². The molecule has 1 aliphatic heterocycles. The summed E-state index contributed by atoms with van der Waals surface area (Å²) in [6.45, 7) is 6.52. The number of benzene rings is 1. The molecule has 0 bridgehead atoms. The second-order valence-corrected chi connectivity index (χ2v) is 10.4. The van der Waals surface area contributed by atoms with Gasteiger partial charge in [-0.05, 0) is 43.7 Å². The molecule has 0 amide bonds. The van der Waals surface area contributed by atoms with Gasteiger partial charge in [0.05, 0.1) is 12.5 Å². The average Bonchev–Trinajstić information content (AvgIpc) is 3.23. The van der Waals surface area contributed by atoms with E-state index in [2.05, 4.69) is 60.5 Å². The van der Waals surface area contributed by atoms with Gasteiger partial charge in [-0.15, -0.1) is 0 Å². The second-order valence-electron chi connectivity index (χ2n) is 10.4. The van der Waals surface area contributed by atoms with Gasteiger partial charge in [0.25, 0.3) is 0 Å². The zero-order chi connectivity index (χ0) is 26.0. The van der Waals surface area contributed by atoms with Crippen LogP contribution in [0.25, 0.3) is 22.2 Å². The molecule has 1 saturated heterocycles. The molecule has 2 fully saturated rings. The lowest BCUT2D eigenvalue weighted by Gasteiger charge is -2.27. The van der Waals surface area contributed by atoms with Crippen molar-refractivity contribution < 1.29 is 18.3 Å². The SMILES string of the molecule is C[C@H](CC(F)(F)F)Nc1ncc2c(-c3ccc(CN4CCNCC4)cc3)cn(C3CCC(O)CC3)c2n1. The van der Waals surface area contributed by atoms with Gasteiger partial charge in [0, 0.05) is 68.2 Å². The van der Waals surface area contributed by atoms with Crippen molar-refractivity contribution in [1.82, 2.24) is 24.8 Å². The van der Waals surface area contributed by atoms with Crippen LogP contribution in [-0.4, -0.2) is 69.0 Å². The molecule has 0 radical (unpaired) electrons. The Labute approximate surface area is 215 Å². The Balaban J connectivity index is 1.44. The number of halogens is 3. The minimum atomic E-state index is -4.26. The standard InChI is InChI=1S/C27H35F3N6O/c1-18(14-27(28,29)30)33-26-32-15-23-24(17-36(25(23)34-26)21-6-8-22(37)9-7-21)20-4-2-19(3-5-20)16-35-12-10-31-11-13-35/h2-5,15,17-18,21-22,31,37H,6-14,16H2,1H3,(H,32,33,34)/t18-,21?,22?/m1/s1.